The van der Waals surface area contributed by atoms with Gasteiger partial charge in [0.2, 0.25) is 0 Å². The van der Waals surface area contributed by atoms with Gasteiger partial charge in [0, 0.05) is 33.2 Å². The molecule has 1 unspecified atom stereocenters. The largest absolute Gasteiger partial charge is 0.314 e. The lowest BCUT2D eigenvalue weighted by atomic mass is 10.3. The normalized spacial score (nSPS) is 18.9. The fourth-order valence-electron chi connectivity index (χ4n) is 2.48. The van der Waals surface area contributed by atoms with E-state index in [0.717, 1.165) is 15.2 Å². The third kappa shape index (κ3) is 2.89. The second-order valence-electron chi connectivity index (χ2n) is 5.37. The third-order valence-electron chi connectivity index (χ3n) is 3.98. The van der Waals surface area contributed by atoms with Crippen LogP contribution in [-0.2, 0) is 10.2 Å². The predicted molar refractivity (Wildman–Crippen MR) is 89.2 cm³/mol. The number of hydrogen-bond acceptors (Lipinski definition) is 5. The van der Waals surface area contributed by atoms with Crippen molar-refractivity contribution in [2.45, 2.75) is 13.0 Å². The van der Waals surface area contributed by atoms with Crippen molar-refractivity contribution in [1.29, 1.82) is 0 Å². The molecular weight excluding hydrogens is 320 g/mol. The zero-order chi connectivity index (χ0) is 15.7. The Kier molecular flexibility index (Phi) is 4.47. The van der Waals surface area contributed by atoms with Crippen molar-refractivity contribution in [3.63, 3.8) is 0 Å². The van der Waals surface area contributed by atoms with Gasteiger partial charge in [-0.1, -0.05) is 12.1 Å². The van der Waals surface area contributed by atoms with Gasteiger partial charge in [-0.3, -0.25) is 0 Å². The molecule has 0 radical (unpaired) electrons. The first kappa shape index (κ1) is 15.8. The smallest absolute Gasteiger partial charge is 0.282 e. The summed E-state index contributed by atoms with van der Waals surface area (Å²) in [4.78, 5) is 4.57. The zero-order valence-corrected chi connectivity index (χ0v) is 14.3. The molecule has 120 valence electrons. The SMILES string of the molecule is CC(c1nc2ccccc2s1)N(C)S(=O)(=O)N1CCNCC1. The molecule has 1 aromatic carbocycles. The Morgan fingerprint density at radius 1 is 1.32 bits per heavy atom. The molecule has 2 aromatic rings. The average Bonchev–Trinajstić information content (AvgIpc) is 2.98. The van der Waals surface area contributed by atoms with Gasteiger partial charge < -0.3 is 5.32 Å². The molecule has 0 bridgehead atoms. The maximum Gasteiger partial charge on any atom is 0.282 e. The molecule has 3 rings (SSSR count). The molecule has 8 heteroatoms. The van der Waals surface area contributed by atoms with E-state index in [2.05, 4.69) is 10.3 Å². The Morgan fingerprint density at radius 2 is 2.00 bits per heavy atom. The average molecular weight is 340 g/mol. The summed E-state index contributed by atoms with van der Waals surface area (Å²) in [5, 5.41) is 3.99. The van der Waals surface area contributed by atoms with Crippen LogP contribution in [0.5, 0.6) is 0 Å². The monoisotopic (exact) mass is 340 g/mol. The number of benzene rings is 1. The van der Waals surface area contributed by atoms with Gasteiger partial charge >= 0.3 is 0 Å². The molecule has 2 heterocycles. The number of para-hydroxylation sites is 1. The Bertz CT molecular complexity index is 720. The van der Waals surface area contributed by atoms with Crippen LogP contribution in [-0.4, -0.2) is 55.2 Å². The summed E-state index contributed by atoms with van der Waals surface area (Å²) >= 11 is 1.55. The Labute approximate surface area is 134 Å². The molecule has 0 spiro atoms. The molecule has 1 saturated heterocycles. The van der Waals surface area contributed by atoms with Crippen molar-refractivity contribution < 1.29 is 8.42 Å². The first-order chi connectivity index (χ1) is 10.5. The van der Waals surface area contributed by atoms with Gasteiger partial charge in [-0.15, -0.1) is 11.3 Å². The molecule has 0 aliphatic carbocycles. The van der Waals surface area contributed by atoms with E-state index in [0.29, 0.717) is 26.2 Å². The van der Waals surface area contributed by atoms with Crippen LogP contribution in [0.15, 0.2) is 24.3 Å². The standard InChI is InChI=1S/C14H20N4O2S2/c1-11(14-16-12-5-3-4-6-13(12)21-14)17(2)22(19,20)18-9-7-15-8-10-18/h3-6,11,15H,7-10H2,1-2H3. The minimum absolute atomic E-state index is 0.280. The van der Waals surface area contributed by atoms with Crippen molar-refractivity contribution in [2.75, 3.05) is 33.2 Å². The summed E-state index contributed by atoms with van der Waals surface area (Å²) in [6.07, 6.45) is 0. The number of nitrogens with zero attached hydrogens (tertiary/aromatic N) is 3. The lowest BCUT2D eigenvalue weighted by Gasteiger charge is -2.32. The highest BCUT2D eigenvalue weighted by Gasteiger charge is 2.32. The van der Waals surface area contributed by atoms with Crippen LogP contribution < -0.4 is 5.32 Å². The van der Waals surface area contributed by atoms with Crippen LogP contribution in [0.3, 0.4) is 0 Å². The van der Waals surface area contributed by atoms with Gasteiger partial charge in [-0.05, 0) is 19.1 Å². The van der Waals surface area contributed by atoms with E-state index in [4.69, 9.17) is 0 Å². The van der Waals surface area contributed by atoms with Crippen molar-refractivity contribution in [3.05, 3.63) is 29.3 Å². The minimum atomic E-state index is -3.45. The van der Waals surface area contributed by atoms with E-state index in [1.165, 1.54) is 8.61 Å². The van der Waals surface area contributed by atoms with Crippen LogP contribution in [0, 0.1) is 0 Å². The van der Waals surface area contributed by atoms with Crippen molar-refractivity contribution in [3.8, 4) is 0 Å². The maximum absolute atomic E-state index is 12.7. The lowest BCUT2D eigenvalue weighted by Crippen LogP contribution is -2.51. The molecular formula is C14H20N4O2S2. The molecule has 1 aliphatic heterocycles. The molecule has 1 aromatic heterocycles. The summed E-state index contributed by atoms with van der Waals surface area (Å²) in [7, 11) is -1.82. The van der Waals surface area contributed by atoms with Crippen LogP contribution >= 0.6 is 11.3 Å². The number of fused-ring (bicyclic) bond motifs is 1. The maximum atomic E-state index is 12.7. The van der Waals surface area contributed by atoms with Gasteiger partial charge in [-0.2, -0.15) is 17.0 Å². The first-order valence-electron chi connectivity index (χ1n) is 7.29. The van der Waals surface area contributed by atoms with Crippen molar-refractivity contribution in [1.82, 2.24) is 18.9 Å². The quantitative estimate of drug-likeness (QED) is 0.915. The molecule has 1 atom stereocenters. The van der Waals surface area contributed by atoms with Crippen molar-refractivity contribution in [2.24, 2.45) is 0 Å². The van der Waals surface area contributed by atoms with Gasteiger partial charge in [-0.25, -0.2) is 4.98 Å². The molecule has 0 amide bonds. The second kappa shape index (κ2) is 6.21. The Hall–Kier alpha value is -1.06. The Morgan fingerprint density at radius 3 is 2.68 bits per heavy atom. The zero-order valence-electron chi connectivity index (χ0n) is 12.7. The van der Waals surface area contributed by atoms with E-state index < -0.39 is 10.2 Å². The number of rotatable bonds is 4. The fourth-order valence-corrected chi connectivity index (χ4v) is 5.12. The van der Waals surface area contributed by atoms with E-state index in [1.54, 1.807) is 18.4 Å². The number of nitrogens with one attached hydrogen (secondary N) is 1. The van der Waals surface area contributed by atoms with E-state index in [9.17, 15) is 8.42 Å². The summed E-state index contributed by atoms with van der Waals surface area (Å²) in [5.41, 5.74) is 0.919. The van der Waals surface area contributed by atoms with Gasteiger partial charge in [0.25, 0.3) is 10.2 Å². The highest BCUT2D eigenvalue weighted by molar-refractivity contribution is 7.86. The predicted octanol–water partition coefficient (Wildman–Crippen LogP) is 1.44. The summed E-state index contributed by atoms with van der Waals surface area (Å²) in [6.45, 7) is 4.31. The molecule has 6 nitrogen and oxygen atoms in total. The molecule has 22 heavy (non-hydrogen) atoms. The van der Waals surface area contributed by atoms with Crippen LogP contribution in [0.4, 0.5) is 0 Å². The van der Waals surface area contributed by atoms with E-state index in [-0.39, 0.29) is 6.04 Å². The van der Waals surface area contributed by atoms with Gasteiger partial charge in [0.05, 0.1) is 16.3 Å². The van der Waals surface area contributed by atoms with Crippen LogP contribution in [0.25, 0.3) is 10.2 Å². The molecule has 1 fully saturated rings. The third-order valence-corrected chi connectivity index (χ3v) is 7.25. The van der Waals surface area contributed by atoms with Gasteiger partial charge in [0.1, 0.15) is 5.01 Å². The first-order valence-corrected chi connectivity index (χ1v) is 9.51. The highest BCUT2D eigenvalue weighted by Crippen LogP contribution is 2.30. The highest BCUT2D eigenvalue weighted by atomic mass is 32.2. The van der Waals surface area contributed by atoms with Crippen molar-refractivity contribution >= 4 is 31.8 Å². The molecule has 1 aliphatic rings. The van der Waals surface area contributed by atoms with Crippen LogP contribution in [0.1, 0.15) is 18.0 Å². The lowest BCUT2D eigenvalue weighted by molar-refractivity contribution is 0.305. The van der Waals surface area contributed by atoms with E-state index >= 15 is 0 Å². The molecule has 1 N–H and O–H groups in total. The number of hydrogen-bond donors (Lipinski definition) is 1. The minimum Gasteiger partial charge on any atom is -0.314 e. The fraction of sp³-hybridized carbons (Fsp3) is 0.500. The second-order valence-corrected chi connectivity index (χ2v) is 8.42. The number of aromatic nitrogens is 1. The summed E-state index contributed by atoms with van der Waals surface area (Å²) < 4.78 is 29.5. The topological polar surface area (TPSA) is 65.5 Å². The number of piperazine rings is 1. The summed E-state index contributed by atoms with van der Waals surface area (Å²) in [5.74, 6) is 0. The van der Waals surface area contributed by atoms with E-state index in [1.807, 2.05) is 31.2 Å². The molecule has 0 saturated carbocycles. The summed E-state index contributed by atoms with van der Waals surface area (Å²) in [6, 6.07) is 7.59. The Balaban J connectivity index is 1.85. The van der Waals surface area contributed by atoms with Gasteiger partial charge in [0.15, 0.2) is 0 Å². The van der Waals surface area contributed by atoms with Crippen LogP contribution in [0.2, 0.25) is 0 Å². The number of thiazole rings is 1.